The second kappa shape index (κ2) is 7.92. The highest BCUT2D eigenvalue weighted by atomic mass is 32.1. The average Bonchev–Trinajstić information content (AvgIpc) is 3.00. The van der Waals surface area contributed by atoms with Crippen LogP contribution in [0.15, 0.2) is 35.7 Å². The molecule has 0 radical (unpaired) electrons. The van der Waals surface area contributed by atoms with Gasteiger partial charge in [0.1, 0.15) is 0 Å². The zero-order valence-electron chi connectivity index (χ0n) is 14.6. The lowest BCUT2D eigenvalue weighted by Crippen LogP contribution is -2.28. The van der Waals surface area contributed by atoms with Gasteiger partial charge in [0.15, 0.2) is 0 Å². The van der Waals surface area contributed by atoms with Crippen LogP contribution in [0, 0.1) is 0 Å². The van der Waals surface area contributed by atoms with Crippen LogP contribution in [0.4, 0.5) is 0 Å². The minimum absolute atomic E-state index is 0.0780. The topological polar surface area (TPSA) is 58.6 Å². The summed E-state index contributed by atoms with van der Waals surface area (Å²) in [6.45, 7) is 7.03. The van der Waals surface area contributed by atoms with Gasteiger partial charge < -0.3 is 15.2 Å². The number of methoxy groups -OCH3 is 1. The SMILES string of the molecule is COCc1ccsc1C(=O)NCC(O)c1ccc(C(C)(C)C)cc1. The third kappa shape index (κ3) is 4.66. The van der Waals surface area contributed by atoms with Crippen LogP contribution >= 0.6 is 11.3 Å². The molecule has 24 heavy (non-hydrogen) atoms. The molecule has 5 heteroatoms. The maximum absolute atomic E-state index is 12.3. The second-order valence-corrected chi connectivity index (χ2v) is 7.72. The van der Waals surface area contributed by atoms with Gasteiger partial charge in [0.05, 0.1) is 17.6 Å². The van der Waals surface area contributed by atoms with Crippen LogP contribution in [0.25, 0.3) is 0 Å². The standard InChI is InChI=1S/C19H25NO3S/c1-19(2,3)15-7-5-13(6-8-15)16(21)11-20-18(22)17-14(12-23-4)9-10-24-17/h5-10,16,21H,11-12H2,1-4H3,(H,20,22). The van der Waals surface area contributed by atoms with Gasteiger partial charge in [0, 0.05) is 19.2 Å². The van der Waals surface area contributed by atoms with Crippen molar-refractivity contribution >= 4 is 17.2 Å². The number of rotatable bonds is 6. The lowest BCUT2D eigenvalue weighted by atomic mass is 9.86. The molecule has 2 aromatic rings. The zero-order chi connectivity index (χ0) is 17.7. The first-order valence-corrected chi connectivity index (χ1v) is 8.83. The lowest BCUT2D eigenvalue weighted by molar-refractivity contribution is 0.0916. The first-order chi connectivity index (χ1) is 11.3. The molecular formula is C19H25NO3S. The first kappa shape index (κ1) is 18.6. The lowest BCUT2D eigenvalue weighted by Gasteiger charge is -2.20. The molecule has 0 spiro atoms. The summed E-state index contributed by atoms with van der Waals surface area (Å²) in [7, 11) is 1.60. The number of benzene rings is 1. The van der Waals surface area contributed by atoms with Gasteiger partial charge in [-0.15, -0.1) is 11.3 Å². The fraction of sp³-hybridized carbons (Fsp3) is 0.421. The monoisotopic (exact) mass is 347 g/mol. The molecule has 4 nitrogen and oxygen atoms in total. The summed E-state index contributed by atoms with van der Waals surface area (Å²) in [5, 5.41) is 15.0. The number of carbonyl (C=O) groups is 1. The summed E-state index contributed by atoms with van der Waals surface area (Å²) in [6, 6.07) is 9.76. The fourth-order valence-electron chi connectivity index (χ4n) is 2.40. The molecule has 1 aromatic carbocycles. The van der Waals surface area contributed by atoms with Crippen molar-refractivity contribution in [2.45, 2.75) is 38.9 Å². The van der Waals surface area contributed by atoms with E-state index >= 15 is 0 Å². The maximum Gasteiger partial charge on any atom is 0.261 e. The summed E-state index contributed by atoms with van der Waals surface area (Å²) < 4.78 is 5.09. The second-order valence-electron chi connectivity index (χ2n) is 6.81. The Morgan fingerprint density at radius 2 is 1.92 bits per heavy atom. The van der Waals surface area contributed by atoms with E-state index in [0.717, 1.165) is 11.1 Å². The van der Waals surface area contributed by atoms with Crippen LogP contribution in [0.5, 0.6) is 0 Å². The van der Waals surface area contributed by atoms with Crippen molar-refractivity contribution in [2.24, 2.45) is 0 Å². The van der Waals surface area contributed by atoms with Crippen LogP contribution in [0.3, 0.4) is 0 Å². The van der Waals surface area contributed by atoms with Crippen LogP contribution in [0.1, 0.15) is 53.2 Å². The Morgan fingerprint density at radius 3 is 2.50 bits per heavy atom. The minimum atomic E-state index is -0.728. The number of nitrogens with one attached hydrogen (secondary N) is 1. The normalized spacial score (nSPS) is 12.9. The van der Waals surface area contributed by atoms with Crippen molar-refractivity contribution < 1.29 is 14.6 Å². The van der Waals surface area contributed by atoms with Crippen LogP contribution in [-0.4, -0.2) is 24.7 Å². The highest BCUT2D eigenvalue weighted by Crippen LogP contribution is 2.24. The fourth-order valence-corrected chi connectivity index (χ4v) is 3.22. The molecule has 0 aliphatic carbocycles. The van der Waals surface area contributed by atoms with Gasteiger partial charge in [-0.3, -0.25) is 4.79 Å². The minimum Gasteiger partial charge on any atom is -0.387 e. The molecule has 0 saturated heterocycles. The van der Waals surface area contributed by atoms with E-state index < -0.39 is 6.10 Å². The molecule has 1 heterocycles. The molecule has 1 amide bonds. The van der Waals surface area contributed by atoms with Crippen LogP contribution < -0.4 is 5.32 Å². The predicted octanol–water partition coefficient (Wildman–Crippen LogP) is 3.66. The van der Waals surface area contributed by atoms with Gasteiger partial charge in [0.25, 0.3) is 5.91 Å². The molecule has 1 unspecified atom stereocenters. The number of aliphatic hydroxyl groups excluding tert-OH is 1. The quantitative estimate of drug-likeness (QED) is 0.838. The third-order valence-electron chi connectivity index (χ3n) is 3.87. The number of ether oxygens (including phenoxy) is 1. The Balaban J connectivity index is 1.96. The van der Waals surface area contributed by atoms with Crippen molar-refractivity contribution in [3.05, 3.63) is 57.3 Å². The Labute approximate surface area is 147 Å². The number of hydrogen-bond acceptors (Lipinski definition) is 4. The highest BCUT2D eigenvalue weighted by Gasteiger charge is 2.17. The van der Waals surface area contributed by atoms with Gasteiger partial charge in [-0.05, 0) is 28.0 Å². The maximum atomic E-state index is 12.3. The smallest absolute Gasteiger partial charge is 0.261 e. The molecule has 0 bridgehead atoms. The van der Waals surface area contributed by atoms with E-state index in [1.165, 1.54) is 16.9 Å². The Morgan fingerprint density at radius 1 is 1.25 bits per heavy atom. The van der Waals surface area contributed by atoms with E-state index in [2.05, 4.69) is 26.1 Å². The van der Waals surface area contributed by atoms with Crippen molar-refractivity contribution in [3.63, 3.8) is 0 Å². The van der Waals surface area contributed by atoms with Gasteiger partial charge in [0.2, 0.25) is 0 Å². The predicted molar refractivity (Wildman–Crippen MR) is 97.5 cm³/mol. The van der Waals surface area contributed by atoms with Gasteiger partial charge >= 0.3 is 0 Å². The summed E-state index contributed by atoms with van der Waals surface area (Å²) in [5.74, 6) is -0.178. The van der Waals surface area contributed by atoms with Crippen LogP contribution in [0.2, 0.25) is 0 Å². The zero-order valence-corrected chi connectivity index (χ0v) is 15.4. The molecule has 1 aromatic heterocycles. The number of hydrogen-bond donors (Lipinski definition) is 2. The number of carbonyl (C=O) groups excluding carboxylic acids is 1. The molecule has 0 fully saturated rings. The van der Waals surface area contributed by atoms with Gasteiger partial charge in [-0.2, -0.15) is 0 Å². The summed E-state index contributed by atoms with van der Waals surface area (Å²) in [6.07, 6.45) is -0.728. The van der Waals surface area contributed by atoms with Crippen molar-refractivity contribution in [3.8, 4) is 0 Å². The summed E-state index contributed by atoms with van der Waals surface area (Å²) in [4.78, 5) is 12.9. The van der Waals surface area contributed by atoms with Gasteiger partial charge in [-0.25, -0.2) is 0 Å². The molecule has 2 N–H and O–H groups in total. The van der Waals surface area contributed by atoms with E-state index in [4.69, 9.17) is 4.74 Å². The summed E-state index contributed by atoms with van der Waals surface area (Å²) in [5.41, 5.74) is 2.95. The third-order valence-corrected chi connectivity index (χ3v) is 4.83. The summed E-state index contributed by atoms with van der Waals surface area (Å²) >= 11 is 1.38. The Kier molecular flexibility index (Phi) is 6.15. The highest BCUT2D eigenvalue weighted by molar-refractivity contribution is 7.12. The van der Waals surface area contributed by atoms with E-state index in [1.54, 1.807) is 7.11 Å². The van der Waals surface area contributed by atoms with Crippen molar-refractivity contribution in [1.82, 2.24) is 5.32 Å². The Hall–Kier alpha value is -1.69. The largest absolute Gasteiger partial charge is 0.387 e. The average molecular weight is 347 g/mol. The number of aliphatic hydroxyl groups is 1. The molecule has 130 valence electrons. The van der Waals surface area contributed by atoms with E-state index in [0.29, 0.717) is 11.5 Å². The van der Waals surface area contributed by atoms with Crippen molar-refractivity contribution in [2.75, 3.05) is 13.7 Å². The van der Waals surface area contributed by atoms with E-state index in [9.17, 15) is 9.90 Å². The van der Waals surface area contributed by atoms with Crippen molar-refractivity contribution in [1.29, 1.82) is 0 Å². The van der Waals surface area contributed by atoms with Gasteiger partial charge in [-0.1, -0.05) is 45.0 Å². The number of thiophene rings is 1. The molecule has 0 saturated carbocycles. The van der Waals surface area contributed by atoms with E-state index in [1.807, 2.05) is 35.7 Å². The number of amides is 1. The molecule has 1 atom stereocenters. The first-order valence-electron chi connectivity index (χ1n) is 7.95. The van der Waals surface area contributed by atoms with Crippen LogP contribution in [-0.2, 0) is 16.8 Å². The molecule has 2 rings (SSSR count). The van der Waals surface area contributed by atoms with E-state index in [-0.39, 0.29) is 17.9 Å². The Bertz CT molecular complexity index is 671. The molecule has 0 aliphatic heterocycles. The molecule has 0 aliphatic rings. The molecular weight excluding hydrogens is 322 g/mol.